The molecule has 0 saturated heterocycles. The van der Waals surface area contributed by atoms with Gasteiger partial charge in [0.1, 0.15) is 0 Å². The quantitative estimate of drug-likeness (QED) is 0.641. The van der Waals surface area contributed by atoms with E-state index in [4.69, 9.17) is 4.74 Å². The molecule has 0 bridgehead atoms. The van der Waals surface area contributed by atoms with E-state index < -0.39 is 5.51 Å². The average Bonchev–Trinajstić information content (AvgIpc) is 2.32. The van der Waals surface area contributed by atoms with Crippen molar-refractivity contribution in [2.45, 2.75) is 31.4 Å². The molecule has 1 aromatic rings. The van der Waals surface area contributed by atoms with Crippen LogP contribution in [0.4, 0.5) is 13.2 Å². The fraction of sp³-hybridized carbons (Fsp3) is 0.538. The second kappa shape index (κ2) is 8.43. The minimum Gasteiger partial charge on any atom is -0.377 e. The van der Waals surface area contributed by atoms with E-state index in [1.54, 1.807) is 0 Å². The van der Waals surface area contributed by atoms with Crippen LogP contribution in [0.25, 0.3) is 0 Å². The van der Waals surface area contributed by atoms with Gasteiger partial charge in [0.25, 0.3) is 0 Å². The molecule has 0 atom stereocenters. The third-order valence-corrected chi connectivity index (χ3v) is 3.13. The second-order valence-electron chi connectivity index (χ2n) is 3.89. The lowest BCUT2D eigenvalue weighted by Crippen LogP contribution is -2.01. The largest absolute Gasteiger partial charge is 0.441 e. The summed E-state index contributed by atoms with van der Waals surface area (Å²) in [5.74, 6) is 0.141. The highest BCUT2D eigenvalue weighted by Crippen LogP contribution is 2.30. The van der Waals surface area contributed by atoms with E-state index in [2.05, 4.69) is 0 Å². The van der Waals surface area contributed by atoms with Gasteiger partial charge in [0, 0.05) is 12.4 Å². The highest BCUT2D eigenvalue weighted by atomic mass is 32.2. The smallest absolute Gasteiger partial charge is 0.377 e. The molecule has 1 aromatic carbocycles. The number of ether oxygens (including phenoxy) is 1. The zero-order chi connectivity index (χ0) is 13.3. The first-order valence-corrected chi connectivity index (χ1v) is 6.89. The van der Waals surface area contributed by atoms with Crippen molar-refractivity contribution in [1.82, 2.24) is 0 Å². The number of hydrogen-bond donors (Lipinski definition) is 0. The topological polar surface area (TPSA) is 9.23 Å². The van der Waals surface area contributed by atoms with E-state index in [1.807, 2.05) is 30.3 Å². The van der Waals surface area contributed by atoms with Crippen molar-refractivity contribution in [2.24, 2.45) is 0 Å². The van der Waals surface area contributed by atoms with Crippen molar-refractivity contribution < 1.29 is 17.9 Å². The maximum atomic E-state index is 11.8. The Morgan fingerprint density at radius 2 is 1.72 bits per heavy atom. The normalized spacial score (nSPS) is 11.7. The summed E-state index contributed by atoms with van der Waals surface area (Å²) in [6.45, 7) is 1.17. The molecular formula is C13H17F3OS. The monoisotopic (exact) mass is 278 g/mol. The molecular weight excluding hydrogens is 261 g/mol. The molecule has 0 unspecified atom stereocenters. The molecule has 18 heavy (non-hydrogen) atoms. The Morgan fingerprint density at radius 1 is 1.00 bits per heavy atom. The van der Waals surface area contributed by atoms with Crippen LogP contribution in [0.5, 0.6) is 0 Å². The third-order valence-electron chi connectivity index (χ3n) is 2.31. The molecule has 102 valence electrons. The van der Waals surface area contributed by atoms with Gasteiger partial charge in [-0.25, -0.2) is 0 Å². The van der Waals surface area contributed by atoms with Gasteiger partial charge < -0.3 is 4.74 Å². The van der Waals surface area contributed by atoms with E-state index >= 15 is 0 Å². The van der Waals surface area contributed by atoms with Crippen molar-refractivity contribution in [2.75, 3.05) is 12.4 Å². The maximum absolute atomic E-state index is 11.8. The Hall–Kier alpha value is -0.680. The molecule has 0 saturated carbocycles. The Bertz CT molecular complexity index is 314. The van der Waals surface area contributed by atoms with Gasteiger partial charge in [0.05, 0.1) is 6.61 Å². The second-order valence-corrected chi connectivity index (χ2v) is 5.05. The minimum atomic E-state index is -4.09. The van der Waals surface area contributed by atoms with Gasteiger partial charge in [0.2, 0.25) is 0 Å². The average molecular weight is 278 g/mol. The van der Waals surface area contributed by atoms with Crippen LogP contribution < -0.4 is 0 Å². The summed E-state index contributed by atoms with van der Waals surface area (Å²) >= 11 is 0.0534. The van der Waals surface area contributed by atoms with Crippen LogP contribution in [-0.4, -0.2) is 17.9 Å². The molecule has 0 spiro atoms. The van der Waals surface area contributed by atoms with Gasteiger partial charge in [-0.1, -0.05) is 48.5 Å². The van der Waals surface area contributed by atoms with E-state index in [9.17, 15) is 13.2 Å². The predicted molar refractivity (Wildman–Crippen MR) is 68.5 cm³/mol. The predicted octanol–water partition coefficient (Wildman–Crippen LogP) is 4.63. The van der Waals surface area contributed by atoms with Crippen molar-refractivity contribution in [3.8, 4) is 0 Å². The van der Waals surface area contributed by atoms with Gasteiger partial charge >= 0.3 is 5.51 Å². The van der Waals surface area contributed by atoms with Crippen LogP contribution >= 0.6 is 11.8 Å². The summed E-state index contributed by atoms with van der Waals surface area (Å²) in [5, 5.41) is 0. The van der Waals surface area contributed by atoms with Crippen molar-refractivity contribution in [3.63, 3.8) is 0 Å². The highest BCUT2D eigenvalue weighted by molar-refractivity contribution is 8.00. The fourth-order valence-corrected chi connectivity index (χ4v) is 2.02. The molecule has 1 rings (SSSR count). The van der Waals surface area contributed by atoms with Crippen molar-refractivity contribution >= 4 is 11.8 Å². The molecule has 1 nitrogen and oxygen atoms in total. The Morgan fingerprint density at radius 3 is 2.39 bits per heavy atom. The fourth-order valence-electron chi connectivity index (χ4n) is 1.44. The number of hydrogen-bond acceptors (Lipinski definition) is 2. The third kappa shape index (κ3) is 8.42. The molecule has 0 aliphatic heterocycles. The summed E-state index contributed by atoms with van der Waals surface area (Å²) < 4.78 is 40.9. The van der Waals surface area contributed by atoms with Gasteiger partial charge in [-0.3, -0.25) is 0 Å². The number of benzene rings is 1. The van der Waals surface area contributed by atoms with Crippen LogP contribution in [0.2, 0.25) is 0 Å². The molecule has 0 aliphatic rings. The first-order chi connectivity index (χ1) is 8.58. The lowest BCUT2D eigenvalue weighted by molar-refractivity contribution is -0.0328. The van der Waals surface area contributed by atoms with Crippen LogP contribution in [0.1, 0.15) is 24.8 Å². The summed E-state index contributed by atoms with van der Waals surface area (Å²) in [7, 11) is 0. The first kappa shape index (κ1) is 15.4. The van der Waals surface area contributed by atoms with Crippen LogP contribution in [0, 0.1) is 0 Å². The number of thioether (sulfide) groups is 1. The molecule has 0 amide bonds. The molecule has 0 aromatic heterocycles. The number of alkyl halides is 3. The Balaban J connectivity index is 1.90. The number of halogens is 3. The van der Waals surface area contributed by atoms with E-state index in [0.29, 0.717) is 19.6 Å². The summed E-state index contributed by atoms with van der Waals surface area (Å²) in [6, 6.07) is 9.82. The molecule has 5 heteroatoms. The standard InChI is InChI=1S/C13H17F3OS/c14-13(15,16)18-10-6-2-5-9-17-11-12-7-3-1-4-8-12/h1,3-4,7-8H,2,5-6,9-11H2. The van der Waals surface area contributed by atoms with Gasteiger partial charge in [-0.2, -0.15) is 13.2 Å². The van der Waals surface area contributed by atoms with E-state index in [1.165, 1.54) is 0 Å². The number of rotatable bonds is 8. The summed E-state index contributed by atoms with van der Waals surface area (Å²) in [5.41, 5.74) is -2.98. The van der Waals surface area contributed by atoms with Gasteiger partial charge in [-0.15, -0.1) is 0 Å². The van der Waals surface area contributed by atoms with Gasteiger partial charge in [0.15, 0.2) is 0 Å². The molecule has 0 radical (unpaired) electrons. The SMILES string of the molecule is FC(F)(F)SCCCCCOCc1ccccc1. The van der Waals surface area contributed by atoms with Crippen LogP contribution in [0.3, 0.4) is 0 Å². The van der Waals surface area contributed by atoms with E-state index in [-0.39, 0.29) is 17.5 Å². The van der Waals surface area contributed by atoms with Crippen LogP contribution in [-0.2, 0) is 11.3 Å². The highest BCUT2D eigenvalue weighted by Gasteiger charge is 2.27. The van der Waals surface area contributed by atoms with Crippen molar-refractivity contribution in [3.05, 3.63) is 35.9 Å². The zero-order valence-electron chi connectivity index (χ0n) is 10.1. The van der Waals surface area contributed by atoms with Gasteiger partial charge in [-0.05, 0) is 18.4 Å². The lowest BCUT2D eigenvalue weighted by atomic mass is 10.2. The molecule has 0 fully saturated rings. The van der Waals surface area contributed by atoms with E-state index in [0.717, 1.165) is 18.4 Å². The number of unbranched alkanes of at least 4 members (excludes halogenated alkanes) is 2. The summed E-state index contributed by atoms with van der Waals surface area (Å²) in [4.78, 5) is 0. The van der Waals surface area contributed by atoms with Crippen LogP contribution in [0.15, 0.2) is 30.3 Å². The Kier molecular flexibility index (Phi) is 7.20. The maximum Gasteiger partial charge on any atom is 0.441 e. The summed E-state index contributed by atoms with van der Waals surface area (Å²) in [6.07, 6.45) is 2.17. The minimum absolute atomic E-state index is 0.0534. The zero-order valence-corrected chi connectivity index (χ0v) is 10.9. The first-order valence-electron chi connectivity index (χ1n) is 5.90. The molecule has 0 aliphatic carbocycles. The Labute approximate surface area is 110 Å². The lowest BCUT2D eigenvalue weighted by Gasteiger charge is -2.06. The molecule has 0 heterocycles. The van der Waals surface area contributed by atoms with Crippen molar-refractivity contribution in [1.29, 1.82) is 0 Å². The molecule has 0 N–H and O–H groups in total.